The maximum Gasteiger partial charge on any atom is 0.249 e. The maximum absolute atomic E-state index is 13.0. The van der Waals surface area contributed by atoms with Gasteiger partial charge in [0.1, 0.15) is 52.1 Å². The number of anilines is 4. The van der Waals surface area contributed by atoms with E-state index in [0.717, 1.165) is 77.5 Å². The van der Waals surface area contributed by atoms with Crippen LogP contribution >= 0.6 is 38.6 Å². The summed E-state index contributed by atoms with van der Waals surface area (Å²) < 4.78 is 10.5. The summed E-state index contributed by atoms with van der Waals surface area (Å²) in [5, 5.41) is 4.35. The van der Waals surface area contributed by atoms with Crippen LogP contribution in [0.5, 0.6) is 0 Å². The Morgan fingerprint density at radius 3 is 1.49 bits per heavy atom. The number of imidazole rings is 2. The quantitative estimate of drug-likeness (QED) is 0.0797. The normalized spacial score (nSPS) is 18.3. The third-order valence-corrected chi connectivity index (χ3v) is 32.4. The largest absolute Gasteiger partial charge is 0.340 e. The molecule has 2 atom stereocenters. The molecule has 6 aromatic rings. The van der Waals surface area contributed by atoms with Crippen molar-refractivity contribution in [1.29, 1.82) is 0 Å². The minimum absolute atomic E-state index is 0.122. The second-order valence-electron chi connectivity index (χ2n) is 19.7. The zero-order chi connectivity index (χ0) is 50.8. The predicted molar refractivity (Wildman–Crippen MR) is 298 cm³/mol. The number of carbonyl (C=O) groups is 2. The predicted octanol–water partition coefficient (Wildman–Crippen LogP) is 11.4. The Morgan fingerprint density at radius 1 is 0.597 bits per heavy atom. The zero-order valence-electron chi connectivity index (χ0n) is 43.3. The van der Waals surface area contributed by atoms with E-state index in [-0.39, 0.29) is 23.9 Å². The first-order valence-electron chi connectivity index (χ1n) is 26.4. The molecule has 0 bridgehead atoms. The molecule has 72 heavy (non-hydrogen) atoms. The maximum atomic E-state index is 13.0. The molecule has 0 spiro atoms. The first-order chi connectivity index (χ1) is 35.1. The van der Waals surface area contributed by atoms with E-state index in [4.69, 9.17) is 15.0 Å². The average molecular weight is 1190 g/mol. The van der Waals surface area contributed by atoms with Crippen molar-refractivity contribution in [2.24, 2.45) is 0 Å². The third kappa shape index (κ3) is 11.8. The fourth-order valence-electron chi connectivity index (χ4n) is 11.1. The van der Waals surface area contributed by atoms with Crippen molar-refractivity contribution in [3.63, 3.8) is 0 Å². The fourth-order valence-corrected chi connectivity index (χ4v) is 29.7. The second-order valence-corrected chi connectivity index (χ2v) is 35.0. The molecule has 0 radical (unpaired) electrons. The molecule has 6 aromatic heterocycles. The second kappa shape index (κ2) is 25.3. The Morgan fingerprint density at radius 2 is 1.07 bits per heavy atom. The summed E-state index contributed by atoms with van der Waals surface area (Å²) in [5.74, 6) is 3.08. The van der Waals surface area contributed by atoms with Crippen LogP contribution in [-0.4, -0.2) is 117 Å². The topological polar surface area (TPSA) is 160 Å². The van der Waals surface area contributed by atoms with E-state index in [1.165, 1.54) is 88.9 Å². The molecule has 20 heteroatoms. The van der Waals surface area contributed by atoms with Crippen molar-refractivity contribution in [2.45, 2.75) is 175 Å². The van der Waals surface area contributed by atoms with Gasteiger partial charge >= 0.3 is 122 Å². The van der Waals surface area contributed by atoms with Gasteiger partial charge in [-0.2, -0.15) is 9.97 Å². The van der Waals surface area contributed by atoms with Crippen LogP contribution in [-0.2, 0) is 9.59 Å². The smallest absolute Gasteiger partial charge is 0.249 e. The number of thiazole rings is 2. The third-order valence-electron chi connectivity index (χ3n) is 15.1. The molecule has 2 aliphatic heterocycles. The summed E-state index contributed by atoms with van der Waals surface area (Å²) in [4.78, 5) is 70.2. The standard InChI is InChI=1S/C20H23N7OS.C17H21BrN6O.3C4H9.C3H2NS.Sn/c1-3-16-19(28)25(2)17-8-21-20(24-18(17)27(16)13-6-4-5-7-13)26-9-14(22-11-26)15-10-29-12-23-15;1-3-12-16(25)22(2)13-8-19-17(23-9-14(18)20-10-23)21-15(13)24(12)11-6-4-5-7-11;3*1-3-4-2;1-2-5-3-4-1;/h8-13,16H,3-7H2,1-2H3;8-12H,3-7H2,1-2H3;3*1,3-4H2,2H3;2-3H;/t16-;12-;;;;;/m11...../s1. The summed E-state index contributed by atoms with van der Waals surface area (Å²) in [6, 6.07) is 0.399. The summed E-state index contributed by atoms with van der Waals surface area (Å²) in [5.41, 5.74) is 7.04. The monoisotopic (exact) mass is 1190 g/mol. The molecule has 2 saturated carbocycles. The molecule has 0 unspecified atom stereocenters. The molecule has 0 saturated heterocycles. The molecule has 8 heterocycles. The van der Waals surface area contributed by atoms with Crippen LogP contribution < -0.4 is 23.3 Å². The van der Waals surface area contributed by atoms with Gasteiger partial charge in [0.05, 0.1) is 17.9 Å². The van der Waals surface area contributed by atoms with E-state index in [1.54, 1.807) is 48.6 Å². The Bertz CT molecular complexity index is 2650. The number of halogens is 1. The number of likely N-dealkylation sites (N-methyl/N-ethyl adjacent to an activating group) is 2. The fraction of sp³-hybridized carbons (Fsp3) is 0.577. The van der Waals surface area contributed by atoms with Gasteiger partial charge in [0, 0.05) is 44.0 Å². The first-order valence-corrected chi connectivity index (χ1v) is 36.6. The van der Waals surface area contributed by atoms with Gasteiger partial charge in [0.15, 0.2) is 11.6 Å². The zero-order valence-corrected chi connectivity index (χ0v) is 49.4. The van der Waals surface area contributed by atoms with Crippen LogP contribution in [0.25, 0.3) is 23.3 Å². The molecule has 10 rings (SSSR count). The number of carbonyl (C=O) groups excluding carboxylic acids is 2. The number of amides is 2. The van der Waals surface area contributed by atoms with Gasteiger partial charge in [-0.15, -0.1) is 11.3 Å². The van der Waals surface area contributed by atoms with Gasteiger partial charge in [-0.25, -0.2) is 24.9 Å². The molecule has 4 aliphatic rings. The van der Waals surface area contributed by atoms with Crippen LogP contribution in [0.4, 0.5) is 23.0 Å². The van der Waals surface area contributed by atoms with E-state index < -0.39 is 18.4 Å². The molecule has 0 N–H and O–H groups in total. The van der Waals surface area contributed by atoms with Gasteiger partial charge < -0.3 is 19.6 Å². The summed E-state index contributed by atoms with van der Waals surface area (Å²) in [7, 11) is 3.63. The molecule has 2 amide bonds. The molecular weight excluding hydrogens is 1120 g/mol. The van der Waals surface area contributed by atoms with Crippen molar-refractivity contribution in [2.75, 3.05) is 33.7 Å². The number of hydrogen-bond acceptors (Lipinski definition) is 14. The summed E-state index contributed by atoms with van der Waals surface area (Å²) in [6.07, 6.45) is 29.8. The molecule has 386 valence electrons. The minimum atomic E-state index is -2.13. The number of nitrogens with zero attached hydrogens (tertiary/aromatic N) is 14. The van der Waals surface area contributed by atoms with Gasteiger partial charge in [-0.05, 0) is 54.5 Å². The van der Waals surface area contributed by atoms with Crippen molar-refractivity contribution in [3.05, 3.63) is 63.8 Å². The van der Waals surface area contributed by atoms with E-state index in [1.807, 2.05) is 47.8 Å². The Labute approximate surface area is 446 Å². The van der Waals surface area contributed by atoms with Crippen LogP contribution in [0.2, 0.25) is 13.3 Å². The number of hydrogen-bond donors (Lipinski definition) is 0. The minimum Gasteiger partial charge on any atom is -0.340 e. The number of unbranched alkanes of at least 4 members (excludes halogenated alkanes) is 3. The van der Waals surface area contributed by atoms with Crippen molar-refractivity contribution < 1.29 is 9.59 Å². The van der Waals surface area contributed by atoms with Crippen LogP contribution in [0.15, 0.2) is 63.8 Å². The Balaban J connectivity index is 0.000000149. The van der Waals surface area contributed by atoms with E-state index >= 15 is 0 Å². The number of fused-ring (bicyclic) bond motifs is 2. The first kappa shape index (κ1) is 53.9. The van der Waals surface area contributed by atoms with Gasteiger partial charge in [0.2, 0.25) is 23.7 Å². The van der Waals surface area contributed by atoms with E-state index in [9.17, 15) is 9.59 Å². The van der Waals surface area contributed by atoms with E-state index in [2.05, 4.69) is 96.2 Å². The number of aromatic nitrogens is 10. The molecule has 0 aromatic carbocycles. The molecule has 2 aliphatic carbocycles. The summed E-state index contributed by atoms with van der Waals surface area (Å²) >= 11 is 4.57. The Kier molecular flexibility index (Phi) is 18.9. The average Bonchev–Trinajstić information content (AvgIpc) is 4.27. The SMILES string of the molecule is CCC[CH2][Sn]([CH2]CCC)([CH2]CCC)[c]1cscn1.CC[C@@H]1C(=O)N(C)c2cnc(-n3cnc(-c4cscn4)c3)nc2N1C1CCCC1.CC[C@@H]1C(=O)N(C)c2cnc(-n3cnc(Br)c3)nc2N1C1CCCC1. The summed E-state index contributed by atoms with van der Waals surface area (Å²) in [6.45, 7) is 11.1. The number of rotatable bonds is 17. The van der Waals surface area contributed by atoms with Crippen LogP contribution in [0.1, 0.15) is 137 Å². The molecule has 16 nitrogen and oxygen atoms in total. The van der Waals surface area contributed by atoms with E-state index in [0.29, 0.717) is 24.0 Å². The van der Waals surface area contributed by atoms with Gasteiger partial charge in [0.25, 0.3) is 0 Å². The van der Waals surface area contributed by atoms with Gasteiger partial charge in [-0.3, -0.25) is 18.7 Å². The van der Waals surface area contributed by atoms with Crippen molar-refractivity contribution >= 4 is 95.5 Å². The van der Waals surface area contributed by atoms with Crippen molar-refractivity contribution in [1.82, 2.24) is 49.0 Å². The Hall–Kier alpha value is -4.34. The molecular formula is C52H73BrN14O2S2Sn. The van der Waals surface area contributed by atoms with Gasteiger partial charge in [-0.1, -0.05) is 39.5 Å². The van der Waals surface area contributed by atoms with Crippen molar-refractivity contribution in [3.8, 4) is 23.3 Å². The van der Waals surface area contributed by atoms with Crippen LogP contribution in [0, 0.1) is 0 Å². The molecule has 2 fully saturated rings. The van der Waals surface area contributed by atoms with Crippen LogP contribution in [0.3, 0.4) is 0 Å².